The smallest absolute Gasteiger partial charge is 0.323 e. The fourth-order valence-electron chi connectivity index (χ4n) is 4.66. The molecule has 0 aromatic heterocycles. The molecule has 0 bridgehead atoms. The van der Waals surface area contributed by atoms with Crippen molar-refractivity contribution in [2.24, 2.45) is 5.92 Å². The molecule has 0 fully saturated rings. The number of methoxy groups -OCH3 is 1. The topological polar surface area (TPSA) is 121 Å². The minimum atomic E-state index is -0.450. The molecule has 220 valence electrons. The molecular weight excluding hydrogens is 512 g/mol. The van der Waals surface area contributed by atoms with Gasteiger partial charge in [0.1, 0.15) is 11.5 Å². The Bertz CT molecular complexity index is 1100. The number of fused-ring (bicyclic) bond motifs is 1. The van der Waals surface area contributed by atoms with Crippen molar-refractivity contribution in [3.63, 3.8) is 0 Å². The molecule has 10 nitrogen and oxygen atoms in total. The molecule has 1 aliphatic heterocycles. The van der Waals surface area contributed by atoms with E-state index in [2.05, 4.69) is 22.9 Å². The molecule has 0 aliphatic carbocycles. The number of aliphatic hydroxyl groups is 1. The largest absolute Gasteiger partial charge is 0.497 e. The van der Waals surface area contributed by atoms with Crippen LogP contribution in [-0.2, 0) is 4.74 Å². The van der Waals surface area contributed by atoms with Crippen molar-refractivity contribution < 1.29 is 28.9 Å². The highest BCUT2D eigenvalue weighted by Crippen LogP contribution is 2.28. The Balaban J connectivity index is 1.90. The molecule has 0 unspecified atom stereocenters. The van der Waals surface area contributed by atoms with E-state index >= 15 is 0 Å². The average Bonchev–Trinajstić information content (AvgIpc) is 2.95. The first-order valence-electron chi connectivity index (χ1n) is 14.0. The number of ether oxygens (including phenoxy) is 3. The quantitative estimate of drug-likeness (QED) is 0.400. The predicted molar refractivity (Wildman–Crippen MR) is 156 cm³/mol. The van der Waals surface area contributed by atoms with Gasteiger partial charge in [-0.3, -0.25) is 4.79 Å². The number of rotatable bonds is 7. The van der Waals surface area contributed by atoms with E-state index in [9.17, 15) is 14.7 Å². The first kappa shape index (κ1) is 31.2. The highest BCUT2D eigenvalue weighted by atomic mass is 16.5. The first-order chi connectivity index (χ1) is 19.2. The van der Waals surface area contributed by atoms with E-state index in [1.165, 1.54) is 0 Å². The van der Waals surface area contributed by atoms with E-state index < -0.39 is 12.1 Å². The molecule has 0 radical (unpaired) electrons. The van der Waals surface area contributed by atoms with Crippen LogP contribution in [0.1, 0.15) is 50.4 Å². The number of anilines is 2. The maximum atomic E-state index is 14.1. The van der Waals surface area contributed by atoms with Gasteiger partial charge in [-0.2, -0.15) is 0 Å². The van der Waals surface area contributed by atoms with Crippen molar-refractivity contribution in [2.75, 3.05) is 51.1 Å². The molecule has 0 saturated heterocycles. The number of hydrogen-bond acceptors (Lipinski definition) is 7. The second kappa shape index (κ2) is 15.4. The summed E-state index contributed by atoms with van der Waals surface area (Å²) in [4.78, 5) is 28.5. The number of carbonyl (C=O) groups excluding carboxylic acids is 2. The van der Waals surface area contributed by atoms with Gasteiger partial charge in [-0.1, -0.05) is 6.92 Å². The standard InChI is InChI=1S/C30H44N4O6/c1-20-18-34(21(2)19-35)29(36)26-16-24(33-30(37)32-23-9-12-25(38-5)13-10-23)11-14-27(26)40-22(3)8-6-7-15-39-28(20)17-31-4/h9-14,16,20-22,28,31,35H,6-8,15,17-19H2,1-5H3,(H2,32,33,37)/t20-,21+,22-,28-/m0/s1. The fraction of sp³-hybridized carbons (Fsp3) is 0.533. The number of nitrogens with one attached hydrogen (secondary N) is 3. The predicted octanol–water partition coefficient (Wildman–Crippen LogP) is 4.35. The summed E-state index contributed by atoms with van der Waals surface area (Å²) in [6, 6.07) is 11.2. The van der Waals surface area contributed by atoms with Crippen LogP contribution in [0.25, 0.3) is 0 Å². The van der Waals surface area contributed by atoms with Gasteiger partial charge in [-0.05, 0) is 82.6 Å². The SMILES string of the molecule is CNC[C@@H]1OCCCC[C@H](C)Oc2ccc(NC(=O)Nc3ccc(OC)cc3)cc2C(=O)N([C@H](C)CO)C[C@@H]1C. The maximum absolute atomic E-state index is 14.1. The summed E-state index contributed by atoms with van der Waals surface area (Å²) in [6.45, 7) is 7.34. The van der Waals surface area contributed by atoms with Crippen molar-refractivity contribution in [1.82, 2.24) is 10.2 Å². The van der Waals surface area contributed by atoms with E-state index in [0.29, 0.717) is 48.1 Å². The number of benzene rings is 2. The summed E-state index contributed by atoms with van der Waals surface area (Å²) in [5.41, 5.74) is 1.36. The zero-order valence-electron chi connectivity index (χ0n) is 24.2. The normalized spacial score (nSPS) is 21.4. The number of hydrogen-bond donors (Lipinski definition) is 4. The van der Waals surface area contributed by atoms with Crippen molar-refractivity contribution in [2.45, 2.75) is 58.3 Å². The Morgan fingerprint density at radius 1 is 1.12 bits per heavy atom. The van der Waals surface area contributed by atoms with E-state index in [0.717, 1.165) is 19.3 Å². The third-order valence-electron chi connectivity index (χ3n) is 7.06. The van der Waals surface area contributed by atoms with Gasteiger partial charge in [0.2, 0.25) is 0 Å². The van der Waals surface area contributed by atoms with Gasteiger partial charge in [0.25, 0.3) is 5.91 Å². The average molecular weight is 557 g/mol. The summed E-state index contributed by atoms with van der Waals surface area (Å²) in [6.07, 6.45) is 2.45. The van der Waals surface area contributed by atoms with Crippen LogP contribution in [0.2, 0.25) is 0 Å². The van der Waals surface area contributed by atoms with E-state index in [-0.39, 0.29) is 30.6 Å². The summed E-state index contributed by atoms with van der Waals surface area (Å²) in [5, 5.41) is 18.8. The molecule has 2 aromatic carbocycles. The Kier molecular flexibility index (Phi) is 12.0. The number of amides is 3. The monoisotopic (exact) mass is 556 g/mol. The number of aliphatic hydroxyl groups excluding tert-OH is 1. The van der Waals surface area contributed by atoms with Gasteiger partial charge >= 0.3 is 6.03 Å². The minimum Gasteiger partial charge on any atom is -0.497 e. The molecule has 0 saturated carbocycles. The van der Waals surface area contributed by atoms with Crippen molar-refractivity contribution in [1.29, 1.82) is 0 Å². The van der Waals surface area contributed by atoms with Crippen LogP contribution in [0.15, 0.2) is 42.5 Å². The zero-order valence-corrected chi connectivity index (χ0v) is 24.2. The lowest BCUT2D eigenvalue weighted by molar-refractivity contribution is -0.000451. The van der Waals surface area contributed by atoms with Gasteiger partial charge in [-0.15, -0.1) is 0 Å². The lowest BCUT2D eigenvalue weighted by Gasteiger charge is -2.34. The maximum Gasteiger partial charge on any atom is 0.323 e. The highest BCUT2D eigenvalue weighted by molar-refractivity contribution is 6.02. The van der Waals surface area contributed by atoms with Crippen molar-refractivity contribution in [3.8, 4) is 11.5 Å². The third kappa shape index (κ3) is 8.84. The van der Waals surface area contributed by atoms with E-state index in [1.807, 2.05) is 20.9 Å². The van der Waals surface area contributed by atoms with Crippen LogP contribution < -0.4 is 25.4 Å². The van der Waals surface area contributed by atoms with Gasteiger partial charge in [-0.25, -0.2) is 4.79 Å². The Morgan fingerprint density at radius 3 is 2.50 bits per heavy atom. The molecule has 40 heavy (non-hydrogen) atoms. The second-order valence-electron chi connectivity index (χ2n) is 10.4. The van der Waals surface area contributed by atoms with Crippen LogP contribution in [0.5, 0.6) is 11.5 Å². The molecule has 1 heterocycles. The molecule has 4 atom stereocenters. The second-order valence-corrected chi connectivity index (χ2v) is 10.4. The Labute approximate surface area is 237 Å². The van der Waals surface area contributed by atoms with Crippen LogP contribution in [0.4, 0.5) is 16.2 Å². The van der Waals surface area contributed by atoms with Crippen LogP contribution in [-0.4, -0.2) is 80.7 Å². The number of urea groups is 1. The summed E-state index contributed by atoms with van der Waals surface area (Å²) in [7, 11) is 3.46. The molecule has 3 rings (SSSR count). The summed E-state index contributed by atoms with van der Waals surface area (Å²) in [5.74, 6) is 0.856. The molecule has 4 N–H and O–H groups in total. The Morgan fingerprint density at radius 2 is 1.82 bits per heavy atom. The number of carbonyl (C=O) groups is 2. The van der Waals surface area contributed by atoms with Gasteiger partial charge in [0.05, 0.1) is 37.5 Å². The minimum absolute atomic E-state index is 0.00761. The summed E-state index contributed by atoms with van der Waals surface area (Å²) < 4.78 is 17.6. The lowest BCUT2D eigenvalue weighted by Crippen LogP contribution is -2.47. The van der Waals surface area contributed by atoms with Crippen LogP contribution >= 0.6 is 0 Å². The van der Waals surface area contributed by atoms with Crippen LogP contribution in [0, 0.1) is 5.92 Å². The fourth-order valence-corrected chi connectivity index (χ4v) is 4.66. The molecule has 3 amide bonds. The molecular formula is C30H44N4O6. The van der Waals surface area contributed by atoms with Crippen LogP contribution in [0.3, 0.4) is 0 Å². The molecule has 0 spiro atoms. The molecule has 10 heteroatoms. The van der Waals surface area contributed by atoms with Gasteiger partial charge < -0.3 is 40.2 Å². The first-order valence-corrected chi connectivity index (χ1v) is 14.0. The van der Waals surface area contributed by atoms with E-state index in [4.69, 9.17) is 14.2 Å². The van der Waals surface area contributed by atoms with Crippen molar-refractivity contribution in [3.05, 3.63) is 48.0 Å². The number of likely N-dealkylation sites (N-methyl/N-ethyl adjacent to an activating group) is 1. The molecule has 1 aliphatic rings. The highest BCUT2D eigenvalue weighted by Gasteiger charge is 2.29. The van der Waals surface area contributed by atoms with Gasteiger partial charge in [0.15, 0.2) is 0 Å². The van der Waals surface area contributed by atoms with Crippen molar-refractivity contribution >= 4 is 23.3 Å². The Hall–Kier alpha value is -3.34. The zero-order chi connectivity index (χ0) is 29.1. The van der Waals surface area contributed by atoms with Gasteiger partial charge in [0, 0.05) is 37.0 Å². The van der Waals surface area contributed by atoms with E-state index in [1.54, 1.807) is 54.5 Å². The lowest BCUT2D eigenvalue weighted by atomic mass is 10.0. The third-order valence-corrected chi connectivity index (χ3v) is 7.06. The number of nitrogens with zero attached hydrogens (tertiary/aromatic N) is 1. The summed E-state index contributed by atoms with van der Waals surface area (Å²) >= 11 is 0. The molecule has 2 aromatic rings.